The Morgan fingerprint density at radius 3 is 2.90 bits per heavy atom. The molecule has 116 valence electrons. The number of nitrogens with zero attached hydrogens (tertiary/aromatic N) is 2. The summed E-state index contributed by atoms with van der Waals surface area (Å²) in [5, 5.41) is 9.68. The van der Waals surface area contributed by atoms with Crippen molar-refractivity contribution in [2.24, 2.45) is 0 Å². The van der Waals surface area contributed by atoms with E-state index in [4.69, 9.17) is 9.47 Å². The monoisotopic (exact) mass is 294 g/mol. The highest BCUT2D eigenvalue weighted by Gasteiger charge is 2.29. The molecule has 6 nitrogen and oxygen atoms in total. The summed E-state index contributed by atoms with van der Waals surface area (Å²) in [6, 6.07) is 3.16. The summed E-state index contributed by atoms with van der Waals surface area (Å²) in [5.41, 5.74) is -0.510. The van der Waals surface area contributed by atoms with Gasteiger partial charge in [-0.15, -0.1) is 0 Å². The summed E-state index contributed by atoms with van der Waals surface area (Å²) in [4.78, 5) is 17.7. The van der Waals surface area contributed by atoms with Crippen molar-refractivity contribution in [1.29, 1.82) is 0 Å². The summed E-state index contributed by atoms with van der Waals surface area (Å²) < 4.78 is 11.1. The first-order chi connectivity index (χ1) is 9.85. The maximum Gasteiger partial charge on any atom is 0.410 e. The van der Waals surface area contributed by atoms with Crippen LogP contribution in [0, 0.1) is 0 Å². The van der Waals surface area contributed by atoms with Crippen LogP contribution in [-0.2, 0) is 4.74 Å². The number of carbonyl (C=O) groups is 1. The molecule has 21 heavy (non-hydrogen) atoms. The van der Waals surface area contributed by atoms with Gasteiger partial charge in [-0.25, -0.2) is 9.78 Å². The molecule has 1 amide bonds. The van der Waals surface area contributed by atoms with E-state index in [0.29, 0.717) is 13.1 Å². The van der Waals surface area contributed by atoms with E-state index in [9.17, 15) is 9.90 Å². The second kappa shape index (κ2) is 6.20. The lowest BCUT2D eigenvalue weighted by molar-refractivity contribution is 0.00696. The van der Waals surface area contributed by atoms with E-state index >= 15 is 0 Å². The molecule has 0 saturated carbocycles. The number of carbonyl (C=O) groups excluding carboxylic acids is 1. The third-order valence-corrected chi connectivity index (χ3v) is 3.06. The van der Waals surface area contributed by atoms with Crippen LogP contribution in [-0.4, -0.2) is 45.9 Å². The van der Waals surface area contributed by atoms with Crippen LogP contribution in [0.3, 0.4) is 0 Å². The van der Waals surface area contributed by atoms with Gasteiger partial charge in [-0.05, 0) is 45.7 Å². The molecule has 1 atom stereocenters. The largest absolute Gasteiger partial charge is 0.503 e. The van der Waals surface area contributed by atoms with Gasteiger partial charge in [0.2, 0.25) is 0 Å². The summed E-state index contributed by atoms with van der Waals surface area (Å²) in [6.45, 7) is 6.62. The predicted octanol–water partition coefficient (Wildman–Crippen LogP) is 2.57. The standard InChI is InChI=1S/C15H22N2O4/c1-15(2,3)21-14(19)17-9-5-6-11(10-17)20-13-12(18)7-4-8-16-13/h4,7-8,11,18H,5-6,9-10H2,1-3H3/t11-/m1/s1. The lowest BCUT2D eigenvalue weighted by atomic mass is 10.1. The van der Waals surface area contributed by atoms with Crippen LogP contribution in [0.2, 0.25) is 0 Å². The van der Waals surface area contributed by atoms with Gasteiger partial charge in [0.25, 0.3) is 5.88 Å². The molecule has 1 aromatic heterocycles. The number of rotatable bonds is 2. The molecule has 0 aliphatic carbocycles. The zero-order valence-corrected chi connectivity index (χ0v) is 12.7. The van der Waals surface area contributed by atoms with Gasteiger partial charge in [0, 0.05) is 12.7 Å². The maximum absolute atomic E-state index is 12.1. The molecule has 2 rings (SSSR count). The number of likely N-dealkylation sites (tertiary alicyclic amines) is 1. The van der Waals surface area contributed by atoms with Gasteiger partial charge in [-0.3, -0.25) is 0 Å². The highest BCUT2D eigenvalue weighted by molar-refractivity contribution is 5.68. The normalized spacial score (nSPS) is 19.2. The first-order valence-electron chi connectivity index (χ1n) is 7.14. The van der Waals surface area contributed by atoms with Crippen LogP contribution in [0.25, 0.3) is 0 Å². The Morgan fingerprint density at radius 2 is 2.24 bits per heavy atom. The van der Waals surface area contributed by atoms with Crippen LogP contribution in [0.4, 0.5) is 4.79 Å². The predicted molar refractivity (Wildman–Crippen MR) is 77.4 cm³/mol. The summed E-state index contributed by atoms with van der Waals surface area (Å²) >= 11 is 0. The third kappa shape index (κ3) is 4.51. The van der Waals surface area contributed by atoms with Crippen molar-refractivity contribution in [2.45, 2.75) is 45.3 Å². The molecule has 1 N–H and O–H groups in total. The fourth-order valence-corrected chi connectivity index (χ4v) is 2.16. The molecule has 0 unspecified atom stereocenters. The van der Waals surface area contributed by atoms with E-state index in [1.165, 1.54) is 6.07 Å². The van der Waals surface area contributed by atoms with Gasteiger partial charge in [0.15, 0.2) is 5.75 Å². The number of ether oxygens (including phenoxy) is 2. The Hall–Kier alpha value is -1.98. The van der Waals surface area contributed by atoms with Gasteiger partial charge in [0.1, 0.15) is 11.7 Å². The smallest absolute Gasteiger partial charge is 0.410 e. The number of aromatic nitrogens is 1. The van der Waals surface area contributed by atoms with E-state index in [2.05, 4.69) is 4.98 Å². The Labute approximate surface area is 124 Å². The molecule has 1 aliphatic rings. The Kier molecular flexibility index (Phi) is 4.55. The summed E-state index contributed by atoms with van der Waals surface area (Å²) in [7, 11) is 0. The molecule has 6 heteroatoms. The average Bonchev–Trinajstić information content (AvgIpc) is 2.40. The van der Waals surface area contributed by atoms with Crippen molar-refractivity contribution >= 4 is 6.09 Å². The van der Waals surface area contributed by atoms with Gasteiger partial charge in [0.05, 0.1) is 6.54 Å². The molecule has 0 aromatic carbocycles. The molecule has 1 aromatic rings. The van der Waals surface area contributed by atoms with Crippen LogP contribution in [0.15, 0.2) is 18.3 Å². The van der Waals surface area contributed by atoms with Gasteiger partial charge < -0.3 is 19.5 Å². The fourth-order valence-electron chi connectivity index (χ4n) is 2.16. The van der Waals surface area contributed by atoms with Crippen LogP contribution in [0.5, 0.6) is 11.6 Å². The van der Waals surface area contributed by atoms with Crippen LogP contribution >= 0.6 is 0 Å². The summed E-state index contributed by atoms with van der Waals surface area (Å²) in [6.07, 6.45) is 2.68. The number of piperidine rings is 1. The van der Waals surface area contributed by atoms with Crippen molar-refractivity contribution in [3.63, 3.8) is 0 Å². The molecule has 1 saturated heterocycles. The lowest BCUT2D eigenvalue weighted by Crippen LogP contribution is -2.46. The zero-order chi connectivity index (χ0) is 15.5. The number of hydrogen-bond acceptors (Lipinski definition) is 5. The second-order valence-corrected chi connectivity index (χ2v) is 6.14. The minimum atomic E-state index is -0.510. The van der Waals surface area contributed by atoms with E-state index < -0.39 is 5.60 Å². The van der Waals surface area contributed by atoms with E-state index in [0.717, 1.165) is 12.8 Å². The lowest BCUT2D eigenvalue weighted by Gasteiger charge is -2.33. The minimum Gasteiger partial charge on any atom is -0.503 e. The Balaban J connectivity index is 1.95. The SMILES string of the molecule is CC(C)(C)OC(=O)N1CCC[C@@H](Oc2ncccc2O)C1. The molecule has 1 fully saturated rings. The Morgan fingerprint density at radius 1 is 1.48 bits per heavy atom. The fraction of sp³-hybridized carbons (Fsp3) is 0.600. The number of amides is 1. The molecule has 0 bridgehead atoms. The van der Waals surface area contributed by atoms with E-state index in [-0.39, 0.29) is 23.8 Å². The third-order valence-electron chi connectivity index (χ3n) is 3.06. The van der Waals surface area contributed by atoms with Gasteiger partial charge >= 0.3 is 6.09 Å². The van der Waals surface area contributed by atoms with Crippen molar-refractivity contribution < 1.29 is 19.4 Å². The quantitative estimate of drug-likeness (QED) is 0.907. The number of hydrogen-bond donors (Lipinski definition) is 1. The number of aromatic hydroxyl groups is 1. The molecule has 0 spiro atoms. The summed E-state index contributed by atoms with van der Waals surface area (Å²) in [5.74, 6) is 0.209. The van der Waals surface area contributed by atoms with Crippen LogP contribution < -0.4 is 4.74 Å². The van der Waals surface area contributed by atoms with Gasteiger partial charge in [-0.1, -0.05) is 0 Å². The minimum absolute atomic E-state index is 0.00638. The molecule has 2 heterocycles. The van der Waals surface area contributed by atoms with Gasteiger partial charge in [-0.2, -0.15) is 0 Å². The topological polar surface area (TPSA) is 71.9 Å². The zero-order valence-electron chi connectivity index (χ0n) is 12.7. The molecular formula is C15H22N2O4. The van der Waals surface area contributed by atoms with Crippen molar-refractivity contribution in [2.75, 3.05) is 13.1 Å². The molecule has 1 aliphatic heterocycles. The van der Waals surface area contributed by atoms with Crippen LogP contribution in [0.1, 0.15) is 33.6 Å². The maximum atomic E-state index is 12.1. The van der Waals surface area contributed by atoms with E-state index in [1.807, 2.05) is 20.8 Å². The molecular weight excluding hydrogens is 272 g/mol. The number of pyridine rings is 1. The molecule has 0 radical (unpaired) electrons. The van der Waals surface area contributed by atoms with Crippen molar-refractivity contribution in [3.05, 3.63) is 18.3 Å². The first kappa shape index (κ1) is 15.4. The second-order valence-electron chi connectivity index (χ2n) is 6.14. The van der Waals surface area contributed by atoms with E-state index in [1.54, 1.807) is 17.2 Å². The van der Waals surface area contributed by atoms with Crippen molar-refractivity contribution in [1.82, 2.24) is 9.88 Å². The highest BCUT2D eigenvalue weighted by atomic mass is 16.6. The van der Waals surface area contributed by atoms with Crippen molar-refractivity contribution in [3.8, 4) is 11.6 Å². The average molecular weight is 294 g/mol. The Bertz CT molecular complexity index is 499. The highest BCUT2D eigenvalue weighted by Crippen LogP contribution is 2.25. The first-order valence-corrected chi connectivity index (χ1v) is 7.14.